The maximum absolute atomic E-state index is 12.3. The van der Waals surface area contributed by atoms with Gasteiger partial charge in [-0.25, -0.2) is 0 Å². The van der Waals surface area contributed by atoms with Crippen LogP contribution < -0.4 is 4.74 Å². The van der Waals surface area contributed by atoms with Crippen molar-refractivity contribution in [2.75, 3.05) is 7.11 Å². The molecule has 0 N–H and O–H groups in total. The molecule has 0 amide bonds. The van der Waals surface area contributed by atoms with E-state index in [9.17, 15) is 10.1 Å². The van der Waals surface area contributed by atoms with Crippen LogP contribution in [0, 0.1) is 17.2 Å². The zero-order valence-corrected chi connectivity index (χ0v) is 11.1. The van der Waals surface area contributed by atoms with Crippen LogP contribution in [-0.4, -0.2) is 12.9 Å². The summed E-state index contributed by atoms with van der Waals surface area (Å²) in [5, 5.41) is 9.26. The Balaban J connectivity index is 3.03. The lowest BCUT2D eigenvalue weighted by atomic mass is 9.87. The topological polar surface area (TPSA) is 50.1 Å². The quantitative estimate of drug-likeness (QED) is 0.772. The van der Waals surface area contributed by atoms with Crippen molar-refractivity contribution in [3.05, 3.63) is 29.8 Å². The highest BCUT2D eigenvalue weighted by molar-refractivity contribution is 5.90. The lowest BCUT2D eigenvalue weighted by molar-refractivity contribution is -0.122. The number of para-hydroxylation sites is 1. The van der Waals surface area contributed by atoms with Crippen molar-refractivity contribution in [2.24, 2.45) is 5.92 Å². The van der Waals surface area contributed by atoms with Gasteiger partial charge in [-0.05, 0) is 12.5 Å². The third kappa shape index (κ3) is 3.10. The molecule has 3 heteroatoms. The Bertz CT molecular complexity index is 448. The molecule has 0 saturated heterocycles. The van der Waals surface area contributed by atoms with Crippen LogP contribution in [-0.2, 0) is 4.79 Å². The minimum absolute atomic E-state index is 0.0242. The summed E-state index contributed by atoms with van der Waals surface area (Å²) in [7, 11) is 1.55. The number of nitrogens with zero attached hydrogens (tertiary/aromatic N) is 1. The van der Waals surface area contributed by atoms with Crippen molar-refractivity contribution in [3.63, 3.8) is 0 Å². The monoisotopic (exact) mass is 245 g/mol. The molecule has 96 valence electrons. The van der Waals surface area contributed by atoms with Crippen molar-refractivity contribution in [2.45, 2.75) is 32.6 Å². The number of ether oxygens (including phenoxy) is 1. The molecular weight excluding hydrogens is 226 g/mol. The number of methoxy groups -OCH3 is 1. The Labute approximate surface area is 108 Å². The van der Waals surface area contributed by atoms with Crippen LogP contribution in [0.5, 0.6) is 5.75 Å². The Kier molecular flexibility index (Phi) is 5.38. The molecule has 0 bridgehead atoms. The molecule has 1 rings (SSSR count). The first-order valence-electron chi connectivity index (χ1n) is 6.21. The van der Waals surface area contributed by atoms with Crippen LogP contribution in [0.25, 0.3) is 0 Å². The first kappa shape index (κ1) is 14.2. The van der Waals surface area contributed by atoms with E-state index < -0.39 is 5.92 Å². The van der Waals surface area contributed by atoms with Crippen LogP contribution in [0.15, 0.2) is 24.3 Å². The predicted octanol–water partition coefficient (Wildman–Crippen LogP) is 3.31. The van der Waals surface area contributed by atoms with Gasteiger partial charge in [0.05, 0.1) is 13.2 Å². The summed E-state index contributed by atoms with van der Waals surface area (Å²) >= 11 is 0. The second-order valence-electron chi connectivity index (χ2n) is 4.40. The van der Waals surface area contributed by atoms with Crippen molar-refractivity contribution in [1.82, 2.24) is 0 Å². The van der Waals surface area contributed by atoms with Crippen LogP contribution in [0.4, 0.5) is 0 Å². The highest BCUT2D eigenvalue weighted by Gasteiger charge is 2.26. The fourth-order valence-corrected chi connectivity index (χ4v) is 2.05. The summed E-state index contributed by atoms with van der Waals surface area (Å²) in [6.07, 6.45) is 1.75. The van der Waals surface area contributed by atoms with Gasteiger partial charge in [-0.15, -0.1) is 0 Å². The number of hydrogen-bond donors (Lipinski definition) is 0. The van der Waals surface area contributed by atoms with E-state index in [2.05, 4.69) is 6.07 Å². The summed E-state index contributed by atoms with van der Waals surface area (Å²) in [5.74, 6) is -0.253. The van der Waals surface area contributed by atoms with Crippen LogP contribution in [0.3, 0.4) is 0 Å². The molecule has 3 nitrogen and oxygen atoms in total. The average molecular weight is 245 g/mol. The molecule has 0 fully saturated rings. The van der Waals surface area contributed by atoms with Crippen LogP contribution in [0.2, 0.25) is 0 Å². The molecule has 2 atom stereocenters. The molecule has 0 radical (unpaired) electrons. The first-order chi connectivity index (χ1) is 8.65. The van der Waals surface area contributed by atoms with Crippen LogP contribution in [0.1, 0.15) is 38.2 Å². The zero-order valence-electron chi connectivity index (χ0n) is 11.1. The number of carbonyl (C=O) groups is 1. The summed E-state index contributed by atoms with van der Waals surface area (Å²) in [5.41, 5.74) is 0.662. The third-order valence-electron chi connectivity index (χ3n) is 3.07. The molecule has 1 aromatic carbocycles. The lowest BCUT2D eigenvalue weighted by Gasteiger charge is -2.16. The Morgan fingerprint density at radius 2 is 2.11 bits per heavy atom. The van der Waals surface area contributed by atoms with Gasteiger partial charge in [0.25, 0.3) is 0 Å². The van der Waals surface area contributed by atoms with E-state index in [-0.39, 0.29) is 11.7 Å². The number of Topliss-reactive ketones (excluding diaryl/α,β-unsaturated/α-hetero) is 1. The second kappa shape index (κ2) is 6.80. The molecular formula is C15H19NO2. The largest absolute Gasteiger partial charge is 0.496 e. The number of benzene rings is 1. The number of rotatable bonds is 6. The number of ketones is 1. The normalized spacial score (nSPS) is 13.4. The van der Waals surface area contributed by atoms with Gasteiger partial charge in [-0.1, -0.05) is 38.5 Å². The molecule has 0 heterocycles. The van der Waals surface area contributed by atoms with E-state index >= 15 is 0 Å². The van der Waals surface area contributed by atoms with E-state index in [1.807, 2.05) is 26.0 Å². The van der Waals surface area contributed by atoms with Gasteiger partial charge in [0, 0.05) is 11.5 Å². The van der Waals surface area contributed by atoms with E-state index in [4.69, 9.17) is 4.74 Å². The van der Waals surface area contributed by atoms with E-state index in [0.717, 1.165) is 12.8 Å². The van der Waals surface area contributed by atoms with E-state index in [0.29, 0.717) is 11.3 Å². The van der Waals surface area contributed by atoms with Gasteiger partial charge in [0.2, 0.25) is 0 Å². The molecule has 0 aliphatic rings. The molecule has 0 aliphatic heterocycles. The Morgan fingerprint density at radius 3 is 2.67 bits per heavy atom. The van der Waals surface area contributed by atoms with E-state index in [1.54, 1.807) is 19.2 Å². The SMILES string of the molecule is CCCC(C)C(=O)C(C#N)c1ccccc1OC. The van der Waals surface area contributed by atoms with E-state index in [1.165, 1.54) is 0 Å². The van der Waals surface area contributed by atoms with Crippen molar-refractivity contribution >= 4 is 5.78 Å². The molecule has 0 aromatic heterocycles. The third-order valence-corrected chi connectivity index (χ3v) is 3.07. The molecule has 0 saturated carbocycles. The maximum atomic E-state index is 12.3. The molecule has 2 unspecified atom stereocenters. The zero-order chi connectivity index (χ0) is 13.5. The van der Waals surface area contributed by atoms with Crippen molar-refractivity contribution in [3.8, 4) is 11.8 Å². The predicted molar refractivity (Wildman–Crippen MR) is 70.4 cm³/mol. The van der Waals surface area contributed by atoms with Crippen molar-refractivity contribution in [1.29, 1.82) is 5.26 Å². The number of nitriles is 1. The Morgan fingerprint density at radius 1 is 1.44 bits per heavy atom. The number of hydrogen-bond acceptors (Lipinski definition) is 3. The first-order valence-corrected chi connectivity index (χ1v) is 6.21. The fourth-order valence-electron chi connectivity index (χ4n) is 2.05. The highest BCUT2D eigenvalue weighted by atomic mass is 16.5. The summed E-state index contributed by atoms with van der Waals surface area (Å²) in [6.45, 7) is 3.92. The van der Waals surface area contributed by atoms with Gasteiger partial charge >= 0.3 is 0 Å². The summed E-state index contributed by atoms with van der Waals surface area (Å²) < 4.78 is 5.21. The van der Waals surface area contributed by atoms with Gasteiger partial charge in [-0.2, -0.15) is 5.26 Å². The molecule has 1 aromatic rings. The lowest BCUT2D eigenvalue weighted by Crippen LogP contribution is -2.19. The smallest absolute Gasteiger partial charge is 0.157 e. The minimum atomic E-state index is -0.734. The fraction of sp³-hybridized carbons (Fsp3) is 0.467. The summed E-state index contributed by atoms with van der Waals surface area (Å²) in [4.78, 5) is 12.3. The van der Waals surface area contributed by atoms with Crippen molar-refractivity contribution < 1.29 is 9.53 Å². The molecule has 0 aliphatic carbocycles. The van der Waals surface area contributed by atoms with Gasteiger partial charge in [0.15, 0.2) is 5.78 Å². The molecule has 18 heavy (non-hydrogen) atoms. The highest BCUT2D eigenvalue weighted by Crippen LogP contribution is 2.29. The van der Waals surface area contributed by atoms with Gasteiger partial charge < -0.3 is 4.74 Å². The average Bonchev–Trinajstić information content (AvgIpc) is 2.40. The summed E-state index contributed by atoms with van der Waals surface area (Å²) in [6, 6.07) is 9.31. The van der Waals surface area contributed by atoms with Gasteiger partial charge in [0.1, 0.15) is 11.7 Å². The minimum Gasteiger partial charge on any atom is -0.496 e. The maximum Gasteiger partial charge on any atom is 0.157 e. The standard InChI is InChI=1S/C15H19NO2/c1-4-7-11(2)15(17)13(10-16)12-8-5-6-9-14(12)18-3/h5-6,8-9,11,13H,4,7H2,1-3H3. The molecule has 0 spiro atoms. The number of carbonyl (C=O) groups excluding carboxylic acids is 1. The van der Waals surface area contributed by atoms with Gasteiger partial charge in [-0.3, -0.25) is 4.79 Å². The second-order valence-corrected chi connectivity index (χ2v) is 4.40. The Hall–Kier alpha value is -1.82. The van der Waals surface area contributed by atoms with Crippen LogP contribution >= 0.6 is 0 Å².